The van der Waals surface area contributed by atoms with E-state index < -0.39 is 0 Å². The Morgan fingerprint density at radius 3 is 2.85 bits per heavy atom. The highest BCUT2D eigenvalue weighted by molar-refractivity contribution is 4.81. The maximum absolute atomic E-state index is 5.08. The number of hydrogen-bond donors (Lipinski definition) is 1. The Kier molecular flexibility index (Phi) is 4.70. The Labute approximate surface area is 81.4 Å². The van der Waals surface area contributed by atoms with E-state index in [1.807, 2.05) is 0 Å². The van der Waals surface area contributed by atoms with Crippen molar-refractivity contribution in [1.82, 2.24) is 10.2 Å². The molecule has 0 aromatic heterocycles. The lowest BCUT2D eigenvalue weighted by atomic mass is 9.94. The number of nitrogens with zero attached hydrogens (tertiary/aromatic N) is 1. The fourth-order valence-electron chi connectivity index (χ4n) is 2.08. The molecule has 0 spiro atoms. The highest BCUT2D eigenvalue weighted by atomic mass is 16.5. The van der Waals surface area contributed by atoms with Gasteiger partial charge in [0.05, 0.1) is 6.61 Å². The van der Waals surface area contributed by atoms with Gasteiger partial charge in [-0.2, -0.15) is 0 Å². The van der Waals surface area contributed by atoms with Gasteiger partial charge >= 0.3 is 0 Å². The molecule has 0 amide bonds. The van der Waals surface area contributed by atoms with E-state index in [2.05, 4.69) is 24.2 Å². The third kappa shape index (κ3) is 3.25. The molecule has 0 saturated carbocycles. The summed E-state index contributed by atoms with van der Waals surface area (Å²) in [5, 5.41) is 3.37. The first-order valence-corrected chi connectivity index (χ1v) is 5.16. The number of hydrogen-bond acceptors (Lipinski definition) is 3. The number of ether oxygens (including phenoxy) is 1. The molecule has 0 bridgehead atoms. The van der Waals surface area contributed by atoms with Crippen molar-refractivity contribution >= 4 is 0 Å². The van der Waals surface area contributed by atoms with Crippen molar-refractivity contribution in [3.05, 3.63) is 0 Å². The predicted octanol–water partition coefficient (Wildman–Crippen LogP) is 0.563. The molecule has 1 aliphatic rings. The summed E-state index contributed by atoms with van der Waals surface area (Å²) in [7, 11) is 3.83. The SMILES string of the molecule is CNC1CCN(CCOC)CC1C. The van der Waals surface area contributed by atoms with Gasteiger partial charge in [0.1, 0.15) is 0 Å². The van der Waals surface area contributed by atoms with E-state index in [-0.39, 0.29) is 0 Å². The van der Waals surface area contributed by atoms with Crippen LogP contribution < -0.4 is 5.32 Å². The monoisotopic (exact) mass is 186 g/mol. The Hall–Kier alpha value is -0.120. The Bertz CT molecular complexity index is 141. The number of likely N-dealkylation sites (tertiary alicyclic amines) is 1. The maximum Gasteiger partial charge on any atom is 0.0589 e. The molecule has 3 nitrogen and oxygen atoms in total. The van der Waals surface area contributed by atoms with Gasteiger partial charge < -0.3 is 15.0 Å². The summed E-state index contributed by atoms with van der Waals surface area (Å²) in [5.41, 5.74) is 0. The summed E-state index contributed by atoms with van der Waals surface area (Å²) in [6.07, 6.45) is 1.27. The van der Waals surface area contributed by atoms with Crippen molar-refractivity contribution in [2.45, 2.75) is 19.4 Å². The number of piperidine rings is 1. The third-order valence-corrected chi connectivity index (χ3v) is 2.97. The van der Waals surface area contributed by atoms with Gasteiger partial charge in [-0.3, -0.25) is 0 Å². The van der Waals surface area contributed by atoms with E-state index in [0.29, 0.717) is 6.04 Å². The minimum atomic E-state index is 0.707. The third-order valence-electron chi connectivity index (χ3n) is 2.97. The summed E-state index contributed by atoms with van der Waals surface area (Å²) in [6, 6.07) is 0.707. The quantitative estimate of drug-likeness (QED) is 0.694. The van der Waals surface area contributed by atoms with E-state index >= 15 is 0 Å². The molecule has 78 valence electrons. The van der Waals surface area contributed by atoms with Crippen LogP contribution >= 0.6 is 0 Å². The molecule has 2 unspecified atom stereocenters. The topological polar surface area (TPSA) is 24.5 Å². The van der Waals surface area contributed by atoms with Crippen LogP contribution in [0.25, 0.3) is 0 Å². The van der Waals surface area contributed by atoms with Gasteiger partial charge in [-0.25, -0.2) is 0 Å². The van der Waals surface area contributed by atoms with E-state index in [4.69, 9.17) is 4.74 Å². The van der Waals surface area contributed by atoms with Crippen LogP contribution in [-0.4, -0.2) is 51.3 Å². The van der Waals surface area contributed by atoms with Crippen molar-refractivity contribution in [2.24, 2.45) is 5.92 Å². The highest BCUT2D eigenvalue weighted by Crippen LogP contribution is 2.15. The normalized spacial score (nSPS) is 30.7. The molecule has 0 aliphatic carbocycles. The van der Waals surface area contributed by atoms with Gasteiger partial charge in [-0.05, 0) is 25.9 Å². The van der Waals surface area contributed by atoms with Crippen molar-refractivity contribution in [2.75, 3.05) is 40.4 Å². The van der Waals surface area contributed by atoms with E-state index in [9.17, 15) is 0 Å². The largest absolute Gasteiger partial charge is 0.383 e. The van der Waals surface area contributed by atoms with Crippen LogP contribution in [0.3, 0.4) is 0 Å². The number of nitrogens with one attached hydrogen (secondary N) is 1. The second kappa shape index (κ2) is 5.58. The molecule has 2 atom stereocenters. The van der Waals surface area contributed by atoms with Gasteiger partial charge in [0.15, 0.2) is 0 Å². The maximum atomic E-state index is 5.08. The summed E-state index contributed by atoms with van der Waals surface area (Å²) in [4.78, 5) is 2.49. The van der Waals surface area contributed by atoms with Crippen molar-refractivity contribution < 1.29 is 4.74 Å². The Balaban J connectivity index is 2.24. The molecule has 1 saturated heterocycles. The van der Waals surface area contributed by atoms with Crippen LogP contribution in [0.1, 0.15) is 13.3 Å². The molecule has 13 heavy (non-hydrogen) atoms. The smallest absolute Gasteiger partial charge is 0.0589 e. The molecule has 0 radical (unpaired) electrons. The van der Waals surface area contributed by atoms with E-state index in [1.165, 1.54) is 19.5 Å². The fourth-order valence-corrected chi connectivity index (χ4v) is 2.08. The summed E-state index contributed by atoms with van der Waals surface area (Å²) >= 11 is 0. The average Bonchev–Trinajstić information content (AvgIpc) is 2.15. The summed E-state index contributed by atoms with van der Waals surface area (Å²) in [5.74, 6) is 0.760. The van der Waals surface area contributed by atoms with Crippen molar-refractivity contribution in [3.8, 4) is 0 Å². The van der Waals surface area contributed by atoms with Crippen molar-refractivity contribution in [1.29, 1.82) is 0 Å². The molecule has 0 aromatic rings. The predicted molar refractivity (Wildman–Crippen MR) is 54.9 cm³/mol. The van der Waals surface area contributed by atoms with Gasteiger partial charge in [0.25, 0.3) is 0 Å². The van der Waals surface area contributed by atoms with Crippen LogP contribution in [0.15, 0.2) is 0 Å². The molecule has 1 aliphatic heterocycles. The van der Waals surface area contributed by atoms with E-state index in [0.717, 1.165) is 19.1 Å². The molecular formula is C10H22N2O. The molecule has 1 rings (SSSR count). The van der Waals surface area contributed by atoms with Gasteiger partial charge in [-0.1, -0.05) is 6.92 Å². The minimum absolute atomic E-state index is 0.707. The Morgan fingerprint density at radius 1 is 1.54 bits per heavy atom. The highest BCUT2D eigenvalue weighted by Gasteiger charge is 2.23. The van der Waals surface area contributed by atoms with Crippen LogP contribution in [0.2, 0.25) is 0 Å². The standard InChI is InChI=1S/C10H22N2O/c1-9-8-12(6-7-13-3)5-4-10(9)11-2/h9-11H,4-8H2,1-3H3. The lowest BCUT2D eigenvalue weighted by Gasteiger charge is -2.36. The van der Waals surface area contributed by atoms with Crippen molar-refractivity contribution in [3.63, 3.8) is 0 Å². The second-order valence-corrected chi connectivity index (χ2v) is 3.95. The molecule has 3 heteroatoms. The summed E-state index contributed by atoms with van der Waals surface area (Å²) in [6.45, 7) is 6.67. The zero-order chi connectivity index (χ0) is 9.68. The van der Waals surface area contributed by atoms with Crippen LogP contribution in [0.4, 0.5) is 0 Å². The van der Waals surface area contributed by atoms with Gasteiger partial charge in [0, 0.05) is 26.2 Å². The average molecular weight is 186 g/mol. The minimum Gasteiger partial charge on any atom is -0.383 e. The number of methoxy groups -OCH3 is 1. The molecule has 1 N–H and O–H groups in total. The van der Waals surface area contributed by atoms with Crippen LogP contribution in [-0.2, 0) is 4.74 Å². The van der Waals surface area contributed by atoms with Crippen LogP contribution in [0.5, 0.6) is 0 Å². The fraction of sp³-hybridized carbons (Fsp3) is 1.00. The van der Waals surface area contributed by atoms with Crippen LogP contribution in [0, 0.1) is 5.92 Å². The lowest BCUT2D eigenvalue weighted by Crippen LogP contribution is -2.47. The number of rotatable bonds is 4. The molecular weight excluding hydrogens is 164 g/mol. The second-order valence-electron chi connectivity index (χ2n) is 3.95. The first kappa shape index (κ1) is 11.0. The Morgan fingerprint density at radius 2 is 2.31 bits per heavy atom. The summed E-state index contributed by atoms with van der Waals surface area (Å²) < 4.78 is 5.08. The van der Waals surface area contributed by atoms with Gasteiger partial charge in [-0.15, -0.1) is 0 Å². The zero-order valence-corrected chi connectivity index (χ0v) is 9.05. The zero-order valence-electron chi connectivity index (χ0n) is 9.05. The molecule has 0 aromatic carbocycles. The molecule has 1 heterocycles. The van der Waals surface area contributed by atoms with E-state index in [1.54, 1.807) is 7.11 Å². The van der Waals surface area contributed by atoms with Gasteiger partial charge in [0.2, 0.25) is 0 Å². The first-order chi connectivity index (χ1) is 6.27. The molecule has 1 fully saturated rings. The lowest BCUT2D eigenvalue weighted by molar-refractivity contribution is 0.104. The first-order valence-electron chi connectivity index (χ1n) is 5.16.